The summed E-state index contributed by atoms with van der Waals surface area (Å²) in [5.41, 5.74) is 3.63. The molecule has 6 nitrogen and oxygen atoms in total. The average molecular weight is 459 g/mol. The number of hydrogen-bond acceptors (Lipinski definition) is 6. The first-order valence-corrected chi connectivity index (χ1v) is 11.3. The van der Waals surface area contributed by atoms with Gasteiger partial charge in [0.25, 0.3) is 0 Å². The molecule has 0 atom stereocenters. The van der Waals surface area contributed by atoms with Crippen molar-refractivity contribution in [1.29, 1.82) is 0 Å². The van der Waals surface area contributed by atoms with Crippen LogP contribution in [0, 0.1) is 0 Å². The summed E-state index contributed by atoms with van der Waals surface area (Å²) in [4.78, 5) is 7.28. The molecule has 0 aliphatic rings. The molecule has 0 amide bonds. The molecule has 0 unspecified atom stereocenters. The van der Waals surface area contributed by atoms with Gasteiger partial charge >= 0.3 is 0 Å². The average Bonchev–Trinajstić information content (AvgIpc) is 2.89. The second-order valence-corrected chi connectivity index (χ2v) is 7.73. The number of methoxy groups -OCH3 is 3. The van der Waals surface area contributed by atoms with E-state index in [1.54, 1.807) is 21.3 Å². The highest BCUT2D eigenvalue weighted by molar-refractivity contribution is 5.80. The van der Waals surface area contributed by atoms with Crippen molar-refractivity contribution < 1.29 is 18.6 Å². The Balaban J connectivity index is 1.87. The molecule has 1 heterocycles. The van der Waals surface area contributed by atoms with Gasteiger partial charge in [0.05, 0.1) is 32.4 Å². The van der Waals surface area contributed by atoms with Crippen molar-refractivity contribution in [2.24, 2.45) is 4.99 Å². The first-order chi connectivity index (χ1) is 16.6. The molecule has 0 spiro atoms. The maximum absolute atomic E-state index is 6.26. The maximum atomic E-state index is 6.26. The van der Waals surface area contributed by atoms with Gasteiger partial charge in [0, 0.05) is 35.8 Å². The molecule has 4 aromatic rings. The van der Waals surface area contributed by atoms with Gasteiger partial charge < -0.3 is 23.5 Å². The zero-order chi connectivity index (χ0) is 24.1. The van der Waals surface area contributed by atoms with Crippen LogP contribution in [0.15, 0.2) is 76.1 Å². The Labute approximate surface area is 200 Å². The molecule has 0 aliphatic heterocycles. The van der Waals surface area contributed by atoms with Crippen LogP contribution in [0.4, 0.5) is 11.4 Å². The molecule has 0 bridgehead atoms. The van der Waals surface area contributed by atoms with Crippen LogP contribution in [0.2, 0.25) is 0 Å². The van der Waals surface area contributed by atoms with Crippen LogP contribution < -0.4 is 24.5 Å². The summed E-state index contributed by atoms with van der Waals surface area (Å²) in [5.74, 6) is 2.72. The lowest BCUT2D eigenvalue weighted by molar-refractivity contribution is 0.355. The van der Waals surface area contributed by atoms with E-state index in [0.717, 1.165) is 40.8 Å². The summed E-state index contributed by atoms with van der Waals surface area (Å²) in [6.45, 7) is 6.24. The van der Waals surface area contributed by atoms with E-state index in [4.69, 9.17) is 23.6 Å². The summed E-state index contributed by atoms with van der Waals surface area (Å²) in [5, 5.41) is 1.66. The standard InChI is InChI=1S/C28H30N2O4/c1-6-30(7-2)21-11-9-20(10-12-21)29-24-18-27(19-8-14-26(32-4)28(16-19)33-5)34-25-15-13-22(31-3)17-23(24)25/h8-18H,6-7H2,1-5H3. The molecule has 34 heavy (non-hydrogen) atoms. The maximum Gasteiger partial charge on any atom is 0.161 e. The summed E-state index contributed by atoms with van der Waals surface area (Å²) >= 11 is 0. The minimum atomic E-state index is 0.635. The first-order valence-electron chi connectivity index (χ1n) is 11.3. The van der Waals surface area contributed by atoms with Crippen LogP contribution in [0.5, 0.6) is 17.2 Å². The molecule has 4 rings (SSSR count). The number of ether oxygens (including phenoxy) is 3. The van der Waals surface area contributed by atoms with E-state index in [1.165, 1.54) is 5.69 Å². The highest BCUT2D eigenvalue weighted by atomic mass is 16.5. The number of anilines is 1. The number of rotatable bonds is 8. The normalized spacial score (nSPS) is 11.5. The van der Waals surface area contributed by atoms with Gasteiger partial charge in [-0.15, -0.1) is 0 Å². The number of fused-ring (bicyclic) bond motifs is 1. The molecule has 3 aromatic carbocycles. The zero-order valence-corrected chi connectivity index (χ0v) is 20.3. The van der Waals surface area contributed by atoms with Gasteiger partial charge in [-0.3, -0.25) is 0 Å². The Morgan fingerprint density at radius 3 is 2.15 bits per heavy atom. The molecule has 176 valence electrons. The molecule has 1 aromatic heterocycles. The molecule has 0 radical (unpaired) electrons. The van der Waals surface area contributed by atoms with Crippen LogP contribution in [-0.2, 0) is 0 Å². The van der Waals surface area contributed by atoms with Crippen molar-refractivity contribution in [1.82, 2.24) is 0 Å². The largest absolute Gasteiger partial charge is 0.497 e. The monoisotopic (exact) mass is 458 g/mol. The molecule has 0 N–H and O–H groups in total. The number of nitrogens with zero attached hydrogens (tertiary/aromatic N) is 2. The second-order valence-electron chi connectivity index (χ2n) is 7.73. The molecule has 0 saturated carbocycles. The lowest BCUT2D eigenvalue weighted by atomic mass is 10.1. The smallest absolute Gasteiger partial charge is 0.161 e. The Bertz CT molecular complexity index is 1340. The summed E-state index contributed by atoms with van der Waals surface area (Å²) < 4.78 is 22.6. The third kappa shape index (κ3) is 4.71. The van der Waals surface area contributed by atoms with Gasteiger partial charge in [0.1, 0.15) is 17.1 Å². The predicted octanol–water partition coefficient (Wildman–Crippen LogP) is 6.20. The summed E-state index contributed by atoms with van der Waals surface area (Å²) in [6, 6.07) is 21.7. The van der Waals surface area contributed by atoms with Crippen LogP contribution >= 0.6 is 0 Å². The zero-order valence-electron chi connectivity index (χ0n) is 20.3. The third-order valence-corrected chi connectivity index (χ3v) is 5.85. The van der Waals surface area contributed by atoms with Gasteiger partial charge in [0.2, 0.25) is 0 Å². The van der Waals surface area contributed by atoms with E-state index in [9.17, 15) is 0 Å². The second kappa shape index (κ2) is 10.3. The van der Waals surface area contributed by atoms with Crippen molar-refractivity contribution in [3.05, 3.63) is 72.1 Å². The van der Waals surface area contributed by atoms with E-state index >= 15 is 0 Å². The molecule has 0 aliphatic carbocycles. The molecule has 0 saturated heterocycles. The number of benzene rings is 3. The third-order valence-electron chi connectivity index (χ3n) is 5.85. The quantitative estimate of drug-likeness (QED) is 0.314. The van der Waals surface area contributed by atoms with Crippen molar-refractivity contribution >= 4 is 22.3 Å². The van der Waals surface area contributed by atoms with Gasteiger partial charge in [-0.2, -0.15) is 0 Å². The van der Waals surface area contributed by atoms with Crippen LogP contribution in [0.3, 0.4) is 0 Å². The predicted molar refractivity (Wildman–Crippen MR) is 137 cm³/mol. The Morgan fingerprint density at radius 1 is 0.765 bits per heavy atom. The first kappa shape index (κ1) is 23.2. The fourth-order valence-corrected chi connectivity index (χ4v) is 3.97. The van der Waals surface area contributed by atoms with Crippen LogP contribution in [0.25, 0.3) is 22.3 Å². The number of hydrogen-bond donors (Lipinski definition) is 0. The lowest BCUT2D eigenvalue weighted by Crippen LogP contribution is -2.21. The van der Waals surface area contributed by atoms with E-state index in [2.05, 4.69) is 30.9 Å². The van der Waals surface area contributed by atoms with Gasteiger partial charge in [-0.25, -0.2) is 4.99 Å². The van der Waals surface area contributed by atoms with Crippen LogP contribution in [0.1, 0.15) is 13.8 Å². The van der Waals surface area contributed by atoms with E-state index in [-0.39, 0.29) is 0 Å². The van der Waals surface area contributed by atoms with Crippen molar-refractivity contribution in [3.8, 4) is 28.6 Å². The Kier molecular flexibility index (Phi) is 7.07. The molecular weight excluding hydrogens is 428 g/mol. The Hall–Kier alpha value is -3.93. The van der Waals surface area contributed by atoms with E-state index in [0.29, 0.717) is 22.8 Å². The van der Waals surface area contributed by atoms with Crippen molar-refractivity contribution in [3.63, 3.8) is 0 Å². The van der Waals surface area contributed by atoms with Crippen molar-refractivity contribution in [2.45, 2.75) is 13.8 Å². The van der Waals surface area contributed by atoms with Gasteiger partial charge in [-0.1, -0.05) is 0 Å². The lowest BCUT2D eigenvalue weighted by Gasteiger charge is -2.20. The Morgan fingerprint density at radius 2 is 1.50 bits per heavy atom. The molecule has 6 heteroatoms. The molecule has 0 fully saturated rings. The van der Waals surface area contributed by atoms with E-state index < -0.39 is 0 Å². The summed E-state index contributed by atoms with van der Waals surface area (Å²) in [7, 11) is 4.89. The summed E-state index contributed by atoms with van der Waals surface area (Å²) in [6.07, 6.45) is 0. The topological polar surface area (TPSA) is 56.4 Å². The fraction of sp³-hybridized carbons (Fsp3) is 0.250. The van der Waals surface area contributed by atoms with Gasteiger partial charge in [0.15, 0.2) is 11.5 Å². The minimum absolute atomic E-state index is 0.635. The SMILES string of the molecule is CCN(CC)c1ccc(N=c2cc(-c3ccc(OC)c(OC)c3)oc3ccc(OC)cc23)cc1. The van der Waals surface area contributed by atoms with Crippen molar-refractivity contribution in [2.75, 3.05) is 39.3 Å². The minimum Gasteiger partial charge on any atom is -0.497 e. The highest BCUT2D eigenvalue weighted by Crippen LogP contribution is 2.33. The highest BCUT2D eigenvalue weighted by Gasteiger charge is 2.11. The van der Waals surface area contributed by atoms with E-state index in [1.807, 2.05) is 54.6 Å². The fourth-order valence-electron chi connectivity index (χ4n) is 3.97. The van der Waals surface area contributed by atoms with Gasteiger partial charge in [-0.05, 0) is 74.5 Å². The van der Waals surface area contributed by atoms with Crippen LogP contribution in [-0.4, -0.2) is 34.4 Å². The molecular formula is C28H30N2O4.